The van der Waals surface area contributed by atoms with Crippen LogP contribution in [0.25, 0.3) is 0 Å². The Bertz CT molecular complexity index is 360. The standard InChI is InChI=1S/C13H20N2O2/c1-10(2)15(3)13(16)9-17-8-11-4-6-12(14)7-5-11/h4-7,10H,8-9,14H2,1-3H3. The zero-order valence-electron chi connectivity index (χ0n) is 10.6. The number of amides is 1. The van der Waals surface area contributed by atoms with Gasteiger partial charge in [-0.15, -0.1) is 0 Å². The lowest BCUT2D eigenvalue weighted by atomic mass is 10.2. The van der Waals surface area contributed by atoms with E-state index in [9.17, 15) is 4.79 Å². The predicted molar refractivity (Wildman–Crippen MR) is 68.4 cm³/mol. The number of anilines is 1. The SMILES string of the molecule is CC(C)N(C)C(=O)COCc1ccc(N)cc1. The summed E-state index contributed by atoms with van der Waals surface area (Å²) in [5.41, 5.74) is 7.31. The van der Waals surface area contributed by atoms with E-state index in [-0.39, 0.29) is 18.6 Å². The second-order valence-electron chi connectivity index (χ2n) is 4.33. The summed E-state index contributed by atoms with van der Waals surface area (Å²) in [6.07, 6.45) is 0. The minimum Gasteiger partial charge on any atom is -0.399 e. The summed E-state index contributed by atoms with van der Waals surface area (Å²) in [7, 11) is 1.78. The summed E-state index contributed by atoms with van der Waals surface area (Å²) in [5.74, 6) is -0.00422. The summed E-state index contributed by atoms with van der Waals surface area (Å²) in [5, 5.41) is 0. The lowest BCUT2D eigenvalue weighted by molar-refractivity contribution is -0.136. The molecule has 2 N–H and O–H groups in total. The molecule has 0 heterocycles. The Morgan fingerprint density at radius 3 is 2.47 bits per heavy atom. The first-order valence-corrected chi connectivity index (χ1v) is 5.68. The maximum Gasteiger partial charge on any atom is 0.248 e. The largest absolute Gasteiger partial charge is 0.399 e. The minimum atomic E-state index is -0.00422. The highest BCUT2D eigenvalue weighted by Crippen LogP contribution is 2.06. The highest BCUT2D eigenvalue weighted by molar-refractivity contribution is 5.77. The number of rotatable bonds is 5. The second-order valence-corrected chi connectivity index (χ2v) is 4.33. The molecule has 0 fully saturated rings. The van der Waals surface area contributed by atoms with E-state index in [0.29, 0.717) is 6.61 Å². The predicted octanol–water partition coefficient (Wildman–Crippen LogP) is 1.65. The summed E-state index contributed by atoms with van der Waals surface area (Å²) in [6.45, 7) is 4.48. The highest BCUT2D eigenvalue weighted by Gasteiger charge is 2.11. The number of nitrogen functional groups attached to an aromatic ring is 1. The molecule has 0 atom stereocenters. The highest BCUT2D eigenvalue weighted by atomic mass is 16.5. The smallest absolute Gasteiger partial charge is 0.248 e. The number of benzene rings is 1. The normalized spacial score (nSPS) is 10.6. The molecule has 1 aromatic carbocycles. The average Bonchev–Trinajstić information content (AvgIpc) is 2.30. The molecule has 0 aliphatic carbocycles. The van der Waals surface area contributed by atoms with Gasteiger partial charge in [-0.1, -0.05) is 12.1 Å². The summed E-state index contributed by atoms with van der Waals surface area (Å²) in [4.78, 5) is 13.3. The Morgan fingerprint density at radius 1 is 1.35 bits per heavy atom. The van der Waals surface area contributed by atoms with Crippen LogP contribution in [0.4, 0.5) is 5.69 Å². The van der Waals surface area contributed by atoms with Gasteiger partial charge in [-0.3, -0.25) is 4.79 Å². The van der Waals surface area contributed by atoms with Gasteiger partial charge in [0.15, 0.2) is 0 Å². The summed E-state index contributed by atoms with van der Waals surface area (Å²) in [6, 6.07) is 7.63. The third kappa shape index (κ3) is 4.44. The molecule has 0 radical (unpaired) electrons. The van der Waals surface area contributed by atoms with Crippen molar-refractivity contribution in [3.05, 3.63) is 29.8 Å². The van der Waals surface area contributed by atoms with Crippen molar-refractivity contribution in [3.8, 4) is 0 Å². The molecule has 0 unspecified atom stereocenters. The van der Waals surface area contributed by atoms with Gasteiger partial charge in [0, 0.05) is 18.8 Å². The number of likely N-dealkylation sites (N-methyl/N-ethyl adjacent to an activating group) is 1. The van der Waals surface area contributed by atoms with Crippen LogP contribution in [0.15, 0.2) is 24.3 Å². The molecule has 0 saturated heterocycles. The number of hydrogen-bond acceptors (Lipinski definition) is 3. The Labute approximate surface area is 102 Å². The van der Waals surface area contributed by atoms with Crippen molar-refractivity contribution in [2.75, 3.05) is 19.4 Å². The molecule has 0 bridgehead atoms. The van der Waals surface area contributed by atoms with Crippen LogP contribution >= 0.6 is 0 Å². The van der Waals surface area contributed by atoms with Crippen LogP contribution in [0.2, 0.25) is 0 Å². The van der Waals surface area contributed by atoms with Crippen molar-refractivity contribution in [1.82, 2.24) is 4.90 Å². The van der Waals surface area contributed by atoms with E-state index in [0.717, 1.165) is 11.3 Å². The van der Waals surface area contributed by atoms with Gasteiger partial charge in [0.1, 0.15) is 6.61 Å². The van der Waals surface area contributed by atoms with Crippen LogP contribution in [0.3, 0.4) is 0 Å². The van der Waals surface area contributed by atoms with Crippen molar-refractivity contribution in [2.24, 2.45) is 0 Å². The van der Waals surface area contributed by atoms with Gasteiger partial charge in [0.2, 0.25) is 5.91 Å². The zero-order chi connectivity index (χ0) is 12.8. The van der Waals surface area contributed by atoms with E-state index in [1.54, 1.807) is 11.9 Å². The molecule has 0 spiro atoms. The first-order chi connectivity index (χ1) is 8.00. The maximum absolute atomic E-state index is 11.6. The number of ether oxygens (including phenoxy) is 1. The summed E-state index contributed by atoms with van der Waals surface area (Å²) < 4.78 is 5.36. The molecule has 4 heteroatoms. The van der Waals surface area contributed by atoms with E-state index in [1.807, 2.05) is 38.1 Å². The Morgan fingerprint density at radius 2 is 1.94 bits per heavy atom. The molecular formula is C13H20N2O2. The van der Waals surface area contributed by atoms with Crippen molar-refractivity contribution in [2.45, 2.75) is 26.5 Å². The molecule has 1 amide bonds. The number of carbonyl (C=O) groups excluding carboxylic acids is 1. The van der Waals surface area contributed by atoms with E-state index in [1.165, 1.54) is 0 Å². The third-order valence-corrected chi connectivity index (χ3v) is 2.64. The van der Waals surface area contributed by atoms with Gasteiger partial charge in [0.05, 0.1) is 6.61 Å². The fourth-order valence-corrected chi connectivity index (χ4v) is 1.26. The minimum absolute atomic E-state index is 0.00422. The molecule has 17 heavy (non-hydrogen) atoms. The van der Waals surface area contributed by atoms with Crippen LogP contribution in [0, 0.1) is 0 Å². The maximum atomic E-state index is 11.6. The monoisotopic (exact) mass is 236 g/mol. The van der Waals surface area contributed by atoms with Gasteiger partial charge in [-0.25, -0.2) is 0 Å². The van der Waals surface area contributed by atoms with Crippen molar-refractivity contribution < 1.29 is 9.53 Å². The van der Waals surface area contributed by atoms with Crippen molar-refractivity contribution in [1.29, 1.82) is 0 Å². The summed E-state index contributed by atoms with van der Waals surface area (Å²) >= 11 is 0. The molecular weight excluding hydrogens is 216 g/mol. The van der Waals surface area contributed by atoms with Crippen LogP contribution in [0.1, 0.15) is 19.4 Å². The van der Waals surface area contributed by atoms with Crippen LogP contribution < -0.4 is 5.73 Å². The van der Waals surface area contributed by atoms with E-state index in [4.69, 9.17) is 10.5 Å². The lowest BCUT2D eigenvalue weighted by Crippen LogP contribution is -2.35. The fraction of sp³-hybridized carbons (Fsp3) is 0.462. The zero-order valence-corrected chi connectivity index (χ0v) is 10.6. The molecule has 1 aromatic rings. The van der Waals surface area contributed by atoms with Crippen LogP contribution in [-0.2, 0) is 16.1 Å². The molecule has 0 saturated carbocycles. The number of nitrogens with zero attached hydrogens (tertiary/aromatic N) is 1. The van der Waals surface area contributed by atoms with Gasteiger partial charge >= 0.3 is 0 Å². The number of nitrogens with two attached hydrogens (primary N) is 1. The molecule has 94 valence electrons. The quantitative estimate of drug-likeness (QED) is 0.791. The Balaban J connectivity index is 2.33. The molecule has 0 aliphatic heterocycles. The topological polar surface area (TPSA) is 55.6 Å². The fourth-order valence-electron chi connectivity index (χ4n) is 1.26. The second kappa shape index (κ2) is 6.25. The van der Waals surface area contributed by atoms with Gasteiger partial charge in [-0.05, 0) is 31.5 Å². The molecule has 0 aromatic heterocycles. The third-order valence-electron chi connectivity index (χ3n) is 2.64. The Hall–Kier alpha value is -1.55. The van der Waals surface area contributed by atoms with E-state index in [2.05, 4.69) is 0 Å². The number of carbonyl (C=O) groups is 1. The lowest BCUT2D eigenvalue weighted by Gasteiger charge is -2.21. The van der Waals surface area contributed by atoms with Crippen molar-refractivity contribution >= 4 is 11.6 Å². The van der Waals surface area contributed by atoms with E-state index >= 15 is 0 Å². The van der Waals surface area contributed by atoms with Gasteiger partial charge in [-0.2, -0.15) is 0 Å². The first-order valence-electron chi connectivity index (χ1n) is 5.68. The number of hydrogen-bond donors (Lipinski definition) is 1. The van der Waals surface area contributed by atoms with Crippen LogP contribution in [0.5, 0.6) is 0 Å². The molecule has 1 rings (SSSR count). The van der Waals surface area contributed by atoms with Crippen molar-refractivity contribution in [3.63, 3.8) is 0 Å². The van der Waals surface area contributed by atoms with Crippen LogP contribution in [-0.4, -0.2) is 30.5 Å². The average molecular weight is 236 g/mol. The van der Waals surface area contributed by atoms with E-state index < -0.39 is 0 Å². The first kappa shape index (κ1) is 13.5. The van der Waals surface area contributed by atoms with Gasteiger partial charge < -0.3 is 15.4 Å². The Kier molecular flexibility index (Phi) is 4.97. The molecule has 0 aliphatic rings. The molecule has 4 nitrogen and oxygen atoms in total. The van der Waals surface area contributed by atoms with Gasteiger partial charge in [0.25, 0.3) is 0 Å².